The van der Waals surface area contributed by atoms with E-state index in [1.165, 1.54) is 13.2 Å². The Morgan fingerprint density at radius 2 is 2.19 bits per heavy atom. The van der Waals surface area contributed by atoms with Crippen LogP contribution in [-0.4, -0.2) is 48.3 Å². The molecule has 6 nitrogen and oxygen atoms in total. The fourth-order valence-corrected chi connectivity index (χ4v) is 3.44. The minimum atomic E-state index is -0.430. The number of amides is 1. The maximum Gasteiger partial charge on any atom is 0.227 e. The lowest BCUT2D eigenvalue weighted by molar-refractivity contribution is -0.135. The highest BCUT2D eigenvalue weighted by atomic mass is 35.5. The van der Waals surface area contributed by atoms with Gasteiger partial charge in [-0.3, -0.25) is 4.79 Å². The number of rotatable bonds is 5. The first-order valence-corrected chi connectivity index (χ1v) is 9.17. The largest absolute Gasteiger partial charge is 0.494 e. The molecule has 0 unspecified atom stereocenters. The van der Waals surface area contributed by atoms with Gasteiger partial charge in [-0.1, -0.05) is 17.7 Å². The zero-order chi connectivity index (χ0) is 19.4. The van der Waals surface area contributed by atoms with Crippen molar-refractivity contribution in [2.75, 3.05) is 32.1 Å². The molecule has 0 N–H and O–H groups in total. The van der Waals surface area contributed by atoms with Gasteiger partial charge in [0.2, 0.25) is 5.91 Å². The van der Waals surface area contributed by atoms with E-state index < -0.39 is 5.82 Å². The van der Waals surface area contributed by atoms with Crippen LogP contribution in [0.2, 0.25) is 5.15 Å². The summed E-state index contributed by atoms with van der Waals surface area (Å²) in [6.07, 6.45) is 1.71. The summed E-state index contributed by atoms with van der Waals surface area (Å²) in [5.41, 5.74) is 0.723. The van der Waals surface area contributed by atoms with Gasteiger partial charge in [0.25, 0.3) is 0 Å². The number of carbonyl (C=O) groups is 1. The molecule has 1 aromatic heterocycles. The average Bonchev–Trinajstić information content (AvgIpc) is 2.68. The van der Waals surface area contributed by atoms with E-state index in [0.29, 0.717) is 18.2 Å². The number of carbonyl (C=O) groups excluding carboxylic acids is 1. The molecule has 1 aliphatic rings. The van der Waals surface area contributed by atoms with Crippen molar-refractivity contribution in [2.24, 2.45) is 5.92 Å². The molecule has 1 aromatic carbocycles. The molecule has 1 fully saturated rings. The maximum absolute atomic E-state index is 13.9. The van der Waals surface area contributed by atoms with Crippen LogP contribution in [-0.2, 0) is 11.3 Å². The van der Waals surface area contributed by atoms with Gasteiger partial charge in [0.05, 0.1) is 13.0 Å². The molecule has 0 bridgehead atoms. The van der Waals surface area contributed by atoms with E-state index in [2.05, 4.69) is 15.1 Å². The quantitative estimate of drug-likeness (QED) is 0.782. The van der Waals surface area contributed by atoms with Crippen LogP contribution in [0.25, 0.3) is 0 Å². The van der Waals surface area contributed by atoms with Crippen LogP contribution in [0.4, 0.5) is 10.2 Å². The molecule has 3 rings (SSSR count). The highest BCUT2D eigenvalue weighted by Gasteiger charge is 2.28. The topological polar surface area (TPSA) is 58.6 Å². The van der Waals surface area contributed by atoms with E-state index in [1.807, 2.05) is 6.07 Å². The number of nitrogens with zero attached hydrogens (tertiary/aromatic N) is 4. The van der Waals surface area contributed by atoms with Crippen molar-refractivity contribution in [1.82, 2.24) is 15.1 Å². The van der Waals surface area contributed by atoms with Crippen LogP contribution in [0, 0.1) is 11.7 Å². The van der Waals surface area contributed by atoms with Gasteiger partial charge >= 0.3 is 0 Å². The zero-order valence-electron chi connectivity index (χ0n) is 15.4. The summed E-state index contributed by atoms with van der Waals surface area (Å²) in [5.74, 6) is 0.389. The molecule has 0 aliphatic carbocycles. The Morgan fingerprint density at radius 3 is 2.85 bits per heavy atom. The predicted octanol–water partition coefficient (Wildman–Crippen LogP) is 3.15. The van der Waals surface area contributed by atoms with Crippen molar-refractivity contribution in [3.63, 3.8) is 0 Å². The number of hydrogen-bond acceptors (Lipinski definition) is 5. The van der Waals surface area contributed by atoms with Crippen molar-refractivity contribution in [3.8, 4) is 5.75 Å². The highest BCUT2D eigenvalue weighted by Crippen LogP contribution is 2.24. The minimum absolute atomic E-state index is 0.0397. The monoisotopic (exact) mass is 392 g/mol. The van der Waals surface area contributed by atoms with Crippen LogP contribution >= 0.6 is 11.6 Å². The second-order valence-electron chi connectivity index (χ2n) is 6.66. The van der Waals surface area contributed by atoms with Crippen LogP contribution in [0.3, 0.4) is 0 Å². The Kier molecular flexibility index (Phi) is 6.11. The van der Waals surface area contributed by atoms with Crippen LogP contribution in [0.5, 0.6) is 5.75 Å². The summed E-state index contributed by atoms with van der Waals surface area (Å²) in [6.45, 7) is 1.75. The summed E-state index contributed by atoms with van der Waals surface area (Å²) >= 11 is 5.79. The molecule has 1 aliphatic heterocycles. The van der Waals surface area contributed by atoms with Gasteiger partial charge in [0.1, 0.15) is 0 Å². The Morgan fingerprint density at radius 1 is 1.37 bits per heavy atom. The maximum atomic E-state index is 13.9. The first-order valence-electron chi connectivity index (χ1n) is 8.79. The van der Waals surface area contributed by atoms with Gasteiger partial charge in [0.15, 0.2) is 22.5 Å². The van der Waals surface area contributed by atoms with Crippen molar-refractivity contribution in [1.29, 1.82) is 0 Å². The molecule has 2 aromatic rings. The molecule has 144 valence electrons. The Balaban J connectivity index is 1.63. The summed E-state index contributed by atoms with van der Waals surface area (Å²) in [7, 11) is 3.17. The third kappa shape index (κ3) is 4.66. The van der Waals surface area contributed by atoms with E-state index in [9.17, 15) is 9.18 Å². The van der Waals surface area contributed by atoms with Gasteiger partial charge < -0.3 is 14.5 Å². The number of aromatic nitrogens is 2. The van der Waals surface area contributed by atoms with Crippen molar-refractivity contribution >= 4 is 23.3 Å². The zero-order valence-corrected chi connectivity index (χ0v) is 16.1. The van der Waals surface area contributed by atoms with Gasteiger partial charge in [-0.05, 0) is 42.7 Å². The first-order chi connectivity index (χ1) is 13.0. The molecule has 0 saturated carbocycles. The highest BCUT2D eigenvalue weighted by molar-refractivity contribution is 6.29. The van der Waals surface area contributed by atoms with E-state index >= 15 is 0 Å². The standard InChI is InChI=1S/C19H22ClFN4O2/c1-24(11-13-5-6-16(27-2)15(21)10-13)19(26)14-4-3-9-25(12-14)18-8-7-17(20)22-23-18/h5-8,10,14H,3-4,9,11-12H2,1-2H3/t14-/m1/s1. The van der Waals surface area contributed by atoms with Crippen molar-refractivity contribution in [3.05, 3.63) is 46.9 Å². The van der Waals surface area contributed by atoms with Gasteiger partial charge in [0, 0.05) is 26.7 Å². The molecule has 0 radical (unpaired) electrons. The molecular weight excluding hydrogens is 371 g/mol. The third-order valence-corrected chi connectivity index (χ3v) is 4.93. The number of hydrogen-bond donors (Lipinski definition) is 0. The van der Waals surface area contributed by atoms with Gasteiger partial charge in [-0.15, -0.1) is 10.2 Å². The van der Waals surface area contributed by atoms with Crippen LogP contribution < -0.4 is 9.64 Å². The van der Waals surface area contributed by atoms with Crippen molar-refractivity contribution in [2.45, 2.75) is 19.4 Å². The summed E-state index contributed by atoms with van der Waals surface area (Å²) in [4.78, 5) is 16.6. The fraction of sp³-hybridized carbons (Fsp3) is 0.421. The second-order valence-corrected chi connectivity index (χ2v) is 7.05. The number of piperidine rings is 1. The van der Waals surface area contributed by atoms with Crippen molar-refractivity contribution < 1.29 is 13.9 Å². The average molecular weight is 393 g/mol. The Hall–Kier alpha value is -2.41. The van der Waals surface area contributed by atoms with Gasteiger partial charge in [-0.2, -0.15) is 0 Å². The molecule has 1 saturated heterocycles. The molecule has 1 atom stereocenters. The molecule has 8 heteroatoms. The molecule has 27 heavy (non-hydrogen) atoms. The third-order valence-electron chi connectivity index (χ3n) is 4.72. The lowest BCUT2D eigenvalue weighted by Crippen LogP contribution is -2.43. The lowest BCUT2D eigenvalue weighted by Gasteiger charge is -2.34. The molecule has 1 amide bonds. The number of anilines is 1. The van der Waals surface area contributed by atoms with E-state index in [4.69, 9.17) is 16.3 Å². The number of ether oxygens (including phenoxy) is 1. The Bertz CT molecular complexity index is 803. The SMILES string of the molecule is COc1ccc(CN(C)C(=O)[C@@H]2CCCN(c3ccc(Cl)nn3)C2)cc1F. The second kappa shape index (κ2) is 8.52. The lowest BCUT2D eigenvalue weighted by atomic mass is 9.96. The smallest absolute Gasteiger partial charge is 0.227 e. The molecule has 0 spiro atoms. The normalized spacial score (nSPS) is 16.9. The number of benzene rings is 1. The summed E-state index contributed by atoms with van der Waals surface area (Å²) < 4.78 is 18.8. The first kappa shape index (κ1) is 19.4. The van der Waals surface area contributed by atoms with Crippen LogP contribution in [0.1, 0.15) is 18.4 Å². The van der Waals surface area contributed by atoms with E-state index in [-0.39, 0.29) is 17.6 Å². The summed E-state index contributed by atoms with van der Waals surface area (Å²) in [5, 5.41) is 8.31. The van der Waals surface area contributed by atoms with E-state index in [1.54, 1.807) is 30.1 Å². The number of methoxy groups -OCH3 is 1. The summed E-state index contributed by atoms with van der Waals surface area (Å²) in [6, 6.07) is 8.25. The predicted molar refractivity (Wildman–Crippen MR) is 101 cm³/mol. The fourth-order valence-electron chi connectivity index (χ4n) is 3.34. The Labute approximate surface area is 162 Å². The minimum Gasteiger partial charge on any atom is -0.494 e. The van der Waals surface area contributed by atoms with Gasteiger partial charge in [-0.25, -0.2) is 4.39 Å². The molecular formula is C19H22ClFN4O2. The van der Waals surface area contributed by atoms with Crippen LogP contribution in [0.15, 0.2) is 30.3 Å². The van der Waals surface area contributed by atoms with E-state index in [0.717, 1.165) is 30.8 Å². The molecule has 2 heterocycles. The number of halogens is 2.